The number of hydrogen-bond donors (Lipinski definition) is 1. The van der Waals surface area contributed by atoms with Crippen LogP contribution in [0.5, 0.6) is 5.75 Å². The van der Waals surface area contributed by atoms with Crippen molar-refractivity contribution in [2.24, 2.45) is 5.92 Å². The number of nitrogens with zero attached hydrogens (tertiary/aromatic N) is 2. The minimum atomic E-state index is -0.187. The van der Waals surface area contributed by atoms with Gasteiger partial charge in [0.1, 0.15) is 5.75 Å². The number of halogens is 1. The van der Waals surface area contributed by atoms with Crippen LogP contribution in [0.25, 0.3) is 0 Å². The van der Waals surface area contributed by atoms with Gasteiger partial charge in [0.05, 0.1) is 30.2 Å². The highest BCUT2D eigenvalue weighted by Crippen LogP contribution is 2.17. The van der Waals surface area contributed by atoms with Crippen molar-refractivity contribution in [1.82, 2.24) is 9.78 Å². The van der Waals surface area contributed by atoms with Gasteiger partial charge < -0.3 is 10.1 Å². The van der Waals surface area contributed by atoms with E-state index in [1.165, 1.54) is 0 Å². The predicted octanol–water partition coefficient (Wildman–Crippen LogP) is 2.93. The van der Waals surface area contributed by atoms with Crippen molar-refractivity contribution in [2.75, 3.05) is 12.4 Å². The van der Waals surface area contributed by atoms with Crippen LogP contribution in [0.4, 0.5) is 5.69 Å². The summed E-state index contributed by atoms with van der Waals surface area (Å²) in [6.07, 6.45) is 3.54. The lowest BCUT2D eigenvalue weighted by molar-refractivity contribution is -0.119. The summed E-state index contributed by atoms with van der Waals surface area (Å²) in [5, 5.41) is 7.01. The van der Waals surface area contributed by atoms with Crippen LogP contribution >= 0.6 is 15.9 Å². The molecule has 1 unspecified atom stereocenters. The fourth-order valence-electron chi connectivity index (χ4n) is 1.77. The molecule has 2 rings (SSSR count). The molecule has 0 fully saturated rings. The number of anilines is 1. The standard InChI is InChI=1S/C14H16BrN3O2/c1-10(8-18-9-11(15)7-16-18)14(19)17-12-4-3-5-13(6-12)20-2/h3-7,9-10H,8H2,1-2H3,(H,17,19). The van der Waals surface area contributed by atoms with E-state index in [-0.39, 0.29) is 11.8 Å². The average molecular weight is 338 g/mol. The minimum Gasteiger partial charge on any atom is -0.497 e. The molecule has 0 radical (unpaired) electrons. The SMILES string of the molecule is COc1cccc(NC(=O)C(C)Cn2cc(Br)cn2)c1. The second kappa shape index (κ2) is 6.56. The van der Waals surface area contributed by atoms with Gasteiger partial charge in [-0.15, -0.1) is 0 Å². The van der Waals surface area contributed by atoms with Crippen LogP contribution in [0.15, 0.2) is 41.1 Å². The number of carbonyl (C=O) groups excluding carboxylic acids is 1. The van der Waals surface area contributed by atoms with E-state index in [1.54, 1.807) is 24.1 Å². The second-order valence-electron chi connectivity index (χ2n) is 4.50. The summed E-state index contributed by atoms with van der Waals surface area (Å²) in [5.41, 5.74) is 0.725. The van der Waals surface area contributed by atoms with Crippen molar-refractivity contribution in [2.45, 2.75) is 13.5 Å². The van der Waals surface area contributed by atoms with Crippen molar-refractivity contribution >= 4 is 27.5 Å². The molecule has 0 saturated carbocycles. The fourth-order valence-corrected chi connectivity index (χ4v) is 2.10. The fraction of sp³-hybridized carbons (Fsp3) is 0.286. The van der Waals surface area contributed by atoms with E-state index in [4.69, 9.17) is 4.74 Å². The zero-order chi connectivity index (χ0) is 14.5. The molecule has 2 aromatic rings. The third-order valence-corrected chi connectivity index (χ3v) is 3.26. The first-order chi connectivity index (χ1) is 9.58. The third kappa shape index (κ3) is 3.84. The monoisotopic (exact) mass is 337 g/mol. The summed E-state index contributed by atoms with van der Waals surface area (Å²) >= 11 is 3.33. The lowest BCUT2D eigenvalue weighted by Crippen LogP contribution is -2.24. The maximum absolute atomic E-state index is 12.1. The Morgan fingerprint density at radius 1 is 1.55 bits per heavy atom. The normalized spacial score (nSPS) is 11.9. The van der Waals surface area contributed by atoms with Crippen LogP contribution in [0.1, 0.15) is 6.92 Å². The maximum atomic E-state index is 12.1. The van der Waals surface area contributed by atoms with E-state index in [0.717, 1.165) is 10.2 Å². The molecule has 1 atom stereocenters. The second-order valence-corrected chi connectivity index (χ2v) is 5.42. The quantitative estimate of drug-likeness (QED) is 0.912. The van der Waals surface area contributed by atoms with Crippen molar-refractivity contribution < 1.29 is 9.53 Å². The van der Waals surface area contributed by atoms with Crippen LogP contribution < -0.4 is 10.1 Å². The number of amides is 1. The molecule has 1 aromatic carbocycles. The van der Waals surface area contributed by atoms with Crippen LogP contribution in [-0.4, -0.2) is 22.8 Å². The molecule has 1 aromatic heterocycles. The Kier molecular flexibility index (Phi) is 4.79. The van der Waals surface area contributed by atoms with Gasteiger partial charge >= 0.3 is 0 Å². The molecule has 1 N–H and O–H groups in total. The van der Waals surface area contributed by atoms with Crippen LogP contribution in [-0.2, 0) is 11.3 Å². The van der Waals surface area contributed by atoms with E-state index in [2.05, 4.69) is 26.3 Å². The summed E-state index contributed by atoms with van der Waals surface area (Å²) in [6, 6.07) is 7.29. The Bertz CT molecular complexity index is 598. The summed E-state index contributed by atoms with van der Waals surface area (Å²) in [7, 11) is 1.60. The molecule has 5 nitrogen and oxygen atoms in total. The summed E-state index contributed by atoms with van der Waals surface area (Å²) < 4.78 is 7.76. The molecule has 0 spiro atoms. The molecule has 0 aliphatic rings. The number of methoxy groups -OCH3 is 1. The number of rotatable bonds is 5. The molecule has 1 heterocycles. The van der Waals surface area contributed by atoms with E-state index in [0.29, 0.717) is 12.3 Å². The molecule has 106 valence electrons. The van der Waals surface area contributed by atoms with Gasteiger partial charge in [-0.1, -0.05) is 13.0 Å². The minimum absolute atomic E-state index is 0.0510. The largest absolute Gasteiger partial charge is 0.497 e. The molecule has 0 bridgehead atoms. The van der Waals surface area contributed by atoms with E-state index >= 15 is 0 Å². The number of ether oxygens (including phenoxy) is 1. The first kappa shape index (κ1) is 14.6. The Morgan fingerprint density at radius 3 is 3.00 bits per heavy atom. The highest BCUT2D eigenvalue weighted by Gasteiger charge is 2.14. The van der Waals surface area contributed by atoms with Gasteiger partial charge in [0, 0.05) is 18.0 Å². The first-order valence-corrected chi connectivity index (χ1v) is 7.00. The number of hydrogen-bond acceptors (Lipinski definition) is 3. The Labute approximate surface area is 126 Å². The van der Waals surface area contributed by atoms with Crippen molar-refractivity contribution in [3.63, 3.8) is 0 Å². The van der Waals surface area contributed by atoms with Gasteiger partial charge in [-0.05, 0) is 28.1 Å². The Morgan fingerprint density at radius 2 is 2.35 bits per heavy atom. The van der Waals surface area contributed by atoms with Gasteiger partial charge in [0.25, 0.3) is 0 Å². The number of nitrogens with one attached hydrogen (secondary N) is 1. The lowest BCUT2D eigenvalue weighted by atomic mass is 10.1. The van der Waals surface area contributed by atoms with Gasteiger partial charge in [0.15, 0.2) is 0 Å². The first-order valence-electron chi connectivity index (χ1n) is 6.21. The molecule has 0 saturated heterocycles. The van der Waals surface area contributed by atoms with E-state index < -0.39 is 0 Å². The number of benzene rings is 1. The van der Waals surface area contributed by atoms with Crippen molar-refractivity contribution in [3.8, 4) is 5.75 Å². The molecule has 1 amide bonds. The number of aromatic nitrogens is 2. The summed E-state index contributed by atoms with van der Waals surface area (Å²) in [6.45, 7) is 2.40. The highest BCUT2D eigenvalue weighted by molar-refractivity contribution is 9.10. The molecule has 6 heteroatoms. The molecular formula is C14H16BrN3O2. The highest BCUT2D eigenvalue weighted by atomic mass is 79.9. The smallest absolute Gasteiger partial charge is 0.229 e. The van der Waals surface area contributed by atoms with Gasteiger partial charge in [-0.2, -0.15) is 5.10 Å². The predicted molar refractivity (Wildman–Crippen MR) is 80.7 cm³/mol. The van der Waals surface area contributed by atoms with Gasteiger partial charge in [0.2, 0.25) is 5.91 Å². The average Bonchev–Trinajstić information content (AvgIpc) is 2.84. The summed E-state index contributed by atoms with van der Waals surface area (Å²) in [4.78, 5) is 12.1. The zero-order valence-corrected chi connectivity index (χ0v) is 12.9. The molecule has 0 aliphatic heterocycles. The zero-order valence-electron chi connectivity index (χ0n) is 11.3. The van der Waals surface area contributed by atoms with Crippen molar-refractivity contribution in [3.05, 3.63) is 41.1 Å². The summed E-state index contributed by atoms with van der Waals surface area (Å²) in [5.74, 6) is 0.476. The van der Waals surface area contributed by atoms with Gasteiger partial charge in [-0.3, -0.25) is 9.48 Å². The number of carbonyl (C=O) groups is 1. The molecule has 20 heavy (non-hydrogen) atoms. The lowest BCUT2D eigenvalue weighted by Gasteiger charge is -2.12. The van der Waals surface area contributed by atoms with Crippen LogP contribution in [0, 0.1) is 5.92 Å². The van der Waals surface area contributed by atoms with E-state index in [9.17, 15) is 4.79 Å². The topological polar surface area (TPSA) is 56.1 Å². The Hall–Kier alpha value is -1.82. The van der Waals surface area contributed by atoms with Crippen LogP contribution in [0.3, 0.4) is 0 Å². The molecular weight excluding hydrogens is 322 g/mol. The van der Waals surface area contributed by atoms with Crippen LogP contribution in [0.2, 0.25) is 0 Å². The third-order valence-electron chi connectivity index (χ3n) is 2.85. The maximum Gasteiger partial charge on any atom is 0.229 e. The van der Waals surface area contributed by atoms with Crippen molar-refractivity contribution in [1.29, 1.82) is 0 Å². The van der Waals surface area contributed by atoms with Gasteiger partial charge in [-0.25, -0.2) is 0 Å². The van der Waals surface area contributed by atoms with E-state index in [1.807, 2.05) is 31.3 Å². The molecule has 0 aliphatic carbocycles. The Balaban J connectivity index is 1.96.